The molecule has 5 nitrogen and oxygen atoms in total. The second-order valence-electron chi connectivity index (χ2n) is 4.75. The Morgan fingerprint density at radius 1 is 1.21 bits per heavy atom. The summed E-state index contributed by atoms with van der Waals surface area (Å²) in [6.07, 6.45) is 0. The molecule has 19 heavy (non-hydrogen) atoms. The number of anilines is 1. The number of imidazole rings is 1. The minimum Gasteiger partial charge on any atom is -0.444 e. The van der Waals surface area contributed by atoms with Gasteiger partial charge in [-0.25, -0.2) is 9.97 Å². The molecule has 98 valence electrons. The quantitative estimate of drug-likeness (QED) is 0.765. The van der Waals surface area contributed by atoms with Crippen LogP contribution in [0.5, 0.6) is 0 Å². The van der Waals surface area contributed by atoms with Crippen molar-refractivity contribution in [3.63, 3.8) is 0 Å². The summed E-state index contributed by atoms with van der Waals surface area (Å²) in [5.74, 6) is 1.98. The smallest absolute Gasteiger partial charge is 0.214 e. The SMILES string of the molecule is Cc1nc(Cn2c(N)nc3cccc(C)c32)oc1C. The molecule has 2 heterocycles. The maximum atomic E-state index is 6.00. The van der Waals surface area contributed by atoms with E-state index in [1.807, 2.05) is 43.5 Å². The van der Waals surface area contributed by atoms with Crippen molar-refractivity contribution in [2.24, 2.45) is 0 Å². The van der Waals surface area contributed by atoms with E-state index in [0.29, 0.717) is 18.4 Å². The summed E-state index contributed by atoms with van der Waals surface area (Å²) in [5.41, 5.74) is 9.99. The molecule has 0 saturated carbocycles. The zero-order valence-electron chi connectivity index (χ0n) is 11.3. The number of aryl methyl sites for hydroxylation is 3. The van der Waals surface area contributed by atoms with Crippen LogP contribution in [0.3, 0.4) is 0 Å². The summed E-state index contributed by atoms with van der Waals surface area (Å²) >= 11 is 0. The van der Waals surface area contributed by atoms with Gasteiger partial charge in [-0.3, -0.25) is 0 Å². The van der Waals surface area contributed by atoms with Crippen molar-refractivity contribution in [1.29, 1.82) is 0 Å². The first-order valence-corrected chi connectivity index (χ1v) is 6.20. The molecule has 0 aliphatic rings. The molecule has 2 aromatic heterocycles. The molecular weight excluding hydrogens is 240 g/mol. The van der Waals surface area contributed by atoms with Gasteiger partial charge in [0.2, 0.25) is 11.8 Å². The molecule has 3 aromatic rings. The average molecular weight is 256 g/mol. The van der Waals surface area contributed by atoms with Crippen molar-refractivity contribution < 1.29 is 4.42 Å². The van der Waals surface area contributed by atoms with Crippen LogP contribution in [-0.4, -0.2) is 14.5 Å². The van der Waals surface area contributed by atoms with Gasteiger partial charge in [0.1, 0.15) is 12.3 Å². The predicted octanol–water partition coefficient (Wildman–Crippen LogP) is 2.58. The number of para-hydroxylation sites is 1. The molecule has 2 N–H and O–H groups in total. The van der Waals surface area contributed by atoms with Crippen LogP contribution in [0.4, 0.5) is 5.95 Å². The standard InChI is InChI=1S/C14H16N4O/c1-8-5-4-6-11-13(8)18(14(15)17-11)7-12-16-9(2)10(3)19-12/h4-6H,7H2,1-3H3,(H2,15,17). The van der Waals surface area contributed by atoms with Crippen LogP contribution in [0, 0.1) is 20.8 Å². The number of hydrogen-bond donors (Lipinski definition) is 1. The molecule has 0 spiro atoms. The van der Waals surface area contributed by atoms with Gasteiger partial charge in [0, 0.05) is 0 Å². The van der Waals surface area contributed by atoms with E-state index in [1.54, 1.807) is 0 Å². The first-order valence-electron chi connectivity index (χ1n) is 6.20. The van der Waals surface area contributed by atoms with Crippen LogP contribution in [0.15, 0.2) is 22.6 Å². The van der Waals surface area contributed by atoms with Crippen molar-refractivity contribution in [2.45, 2.75) is 27.3 Å². The number of nitrogens with zero attached hydrogens (tertiary/aromatic N) is 3. The summed E-state index contributed by atoms with van der Waals surface area (Å²) in [6, 6.07) is 5.99. The molecule has 0 fully saturated rings. The molecule has 0 atom stereocenters. The first kappa shape index (κ1) is 11.8. The number of oxazole rings is 1. The highest BCUT2D eigenvalue weighted by molar-refractivity contribution is 5.81. The van der Waals surface area contributed by atoms with E-state index in [2.05, 4.69) is 9.97 Å². The topological polar surface area (TPSA) is 69.9 Å². The molecule has 5 heteroatoms. The summed E-state index contributed by atoms with van der Waals surface area (Å²) < 4.78 is 7.56. The minimum atomic E-state index is 0.484. The van der Waals surface area contributed by atoms with Crippen LogP contribution in [0.2, 0.25) is 0 Å². The molecule has 0 aliphatic heterocycles. The lowest BCUT2D eigenvalue weighted by Crippen LogP contribution is -2.05. The van der Waals surface area contributed by atoms with Crippen LogP contribution < -0.4 is 5.73 Å². The van der Waals surface area contributed by atoms with Crippen molar-refractivity contribution in [1.82, 2.24) is 14.5 Å². The maximum absolute atomic E-state index is 6.00. The fourth-order valence-electron chi connectivity index (χ4n) is 2.29. The third kappa shape index (κ3) is 1.87. The number of fused-ring (bicyclic) bond motifs is 1. The number of aromatic nitrogens is 3. The molecule has 0 radical (unpaired) electrons. The van der Waals surface area contributed by atoms with Crippen LogP contribution in [0.1, 0.15) is 22.9 Å². The van der Waals surface area contributed by atoms with E-state index < -0.39 is 0 Å². The number of hydrogen-bond acceptors (Lipinski definition) is 4. The Morgan fingerprint density at radius 2 is 2.00 bits per heavy atom. The van der Waals surface area contributed by atoms with Crippen molar-refractivity contribution in [2.75, 3.05) is 5.73 Å². The number of nitrogens with two attached hydrogens (primary N) is 1. The fourth-order valence-corrected chi connectivity index (χ4v) is 2.29. The summed E-state index contributed by atoms with van der Waals surface area (Å²) in [6.45, 7) is 6.39. The first-order chi connectivity index (χ1) is 9.06. The molecule has 3 rings (SSSR count). The van der Waals surface area contributed by atoms with Gasteiger partial charge in [-0.1, -0.05) is 12.1 Å². The van der Waals surface area contributed by atoms with Crippen molar-refractivity contribution >= 4 is 17.0 Å². The number of benzene rings is 1. The lowest BCUT2D eigenvalue weighted by Gasteiger charge is -2.05. The normalized spacial score (nSPS) is 11.3. The Kier molecular flexibility index (Phi) is 2.55. The van der Waals surface area contributed by atoms with Gasteiger partial charge < -0.3 is 14.7 Å². The average Bonchev–Trinajstić information content (AvgIpc) is 2.82. The monoisotopic (exact) mass is 256 g/mol. The third-order valence-corrected chi connectivity index (χ3v) is 3.36. The minimum absolute atomic E-state index is 0.484. The number of nitrogen functional groups attached to an aromatic ring is 1. The van der Waals surface area contributed by atoms with Crippen molar-refractivity contribution in [3.8, 4) is 0 Å². The van der Waals surface area contributed by atoms with Crippen molar-refractivity contribution in [3.05, 3.63) is 41.1 Å². The highest BCUT2D eigenvalue weighted by Crippen LogP contribution is 2.22. The second-order valence-corrected chi connectivity index (χ2v) is 4.75. The molecular formula is C14H16N4O. The summed E-state index contributed by atoms with van der Waals surface area (Å²) in [7, 11) is 0. The Labute approximate surface area is 111 Å². The largest absolute Gasteiger partial charge is 0.444 e. The van der Waals surface area contributed by atoms with Gasteiger partial charge in [0.25, 0.3) is 0 Å². The van der Waals surface area contributed by atoms with E-state index in [1.165, 1.54) is 0 Å². The van der Waals surface area contributed by atoms with Crippen LogP contribution in [0.25, 0.3) is 11.0 Å². The van der Waals surface area contributed by atoms with Crippen LogP contribution in [-0.2, 0) is 6.54 Å². The van der Waals surface area contributed by atoms with Gasteiger partial charge in [0.15, 0.2) is 0 Å². The van der Waals surface area contributed by atoms with Gasteiger partial charge in [-0.2, -0.15) is 0 Å². The predicted molar refractivity (Wildman–Crippen MR) is 74.0 cm³/mol. The van der Waals surface area contributed by atoms with Gasteiger partial charge >= 0.3 is 0 Å². The van der Waals surface area contributed by atoms with E-state index in [-0.39, 0.29) is 0 Å². The van der Waals surface area contributed by atoms with E-state index in [0.717, 1.165) is 28.1 Å². The Hall–Kier alpha value is -2.30. The van der Waals surface area contributed by atoms with Gasteiger partial charge in [0.05, 0.1) is 16.7 Å². The molecule has 0 aliphatic carbocycles. The molecule has 0 amide bonds. The second kappa shape index (κ2) is 4.12. The highest BCUT2D eigenvalue weighted by Gasteiger charge is 2.13. The number of rotatable bonds is 2. The fraction of sp³-hybridized carbons (Fsp3) is 0.286. The van der Waals surface area contributed by atoms with E-state index >= 15 is 0 Å². The van der Waals surface area contributed by atoms with E-state index in [9.17, 15) is 0 Å². The molecule has 0 unspecified atom stereocenters. The molecule has 0 bridgehead atoms. The third-order valence-electron chi connectivity index (χ3n) is 3.36. The summed E-state index contributed by atoms with van der Waals surface area (Å²) in [5, 5.41) is 0. The van der Waals surface area contributed by atoms with Crippen LogP contribution >= 0.6 is 0 Å². The summed E-state index contributed by atoms with van der Waals surface area (Å²) in [4.78, 5) is 8.76. The Morgan fingerprint density at radius 3 is 2.68 bits per heavy atom. The zero-order chi connectivity index (χ0) is 13.6. The zero-order valence-corrected chi connectivity index (χ0v) is 11.3. The lowest BCUT2D eigenvalue weighted by molar-refractivity contribution is 0.460. The van der Waals surface area contributed by atoms with E-state index in [4.69, 9.17) is 10.2 Å². The lowest BCUT2D eigenvalue weighted by atomic mass is 10.2. The highest BCUT2D eigenvalue weighted by atomic mass is 16.4. The van der Waals surface area contributed by atoms with Gasteiger partial charge in [-0.15, -0.1) is 0 Å². The molecule has 1 aromatic carbocycles. The van der Waals surface area contributed by atoms with Gasteiger partial charge in [-0.05, 0) is 32.4 Å². The maximum Gasteiger partial charge on any atom is 0.214 e. The molecule has 0 saturated heterocycles. The Balaban J connectivity index is 2.12. The Bertz CT molecular complexity index is 735.